The molecule has 2 heterocycles. The van der Waals surface area contributed by atoms with Gasteiger partial charge in [0.05, 0.1) is 12.7 Å². The van der Waals surface area contributed by atoms with Gasteiger partial charge in [0.15, 0.2) is 0 Å². The molecule has 0 amide bonds. The highest BCUT2D eigenvalue weighted by atomic mass is 16.7. The third kappa shape index (κ3) is 2.94. The number of nitrogens with zero attached hydrogens (tertiary/aromatic N) is 1. The van der Waals surface area contributed by atoms with Crippen LogP contribution in [-0.4, -0.2) is 49.6 Å². The van der Waals surface area contributed by atoms with Crippen LogP contribution in [0.25, 0.3) is 0 Å². The van der Waals surface area contributed by atoms with Gasteiger partial charge in [0, 0.05) is 25.2 Å². The highest BCUT2D eigenvalue weighted by molar-refractivity contribution is 4.84. The van der Waals surface area contributed by atoms with E-state index >= 15 is 0 Å². The van der Waals surface area contributed by atoms with E-state index in [1.165, 1.54) is 19.3 Å². The third-order valence-electron chi connectivity index (χ3n) is 3.85. The molecule has 0 bridgehead atoms. The highest BCUT2D eigenvalue weighted by Gasteiger charge is 2.29. The van der Waals surface area contributed by atoms with Crippen molar-refractivity contribution in [1.29, 1.82) is 0 Å². The van der Waals surface area contributed by atoms with Gasteiger partial charge >= 0.3 is 0 Å². The zero-order valence-electron chi connectivity index (χ0n) is 10.2. The zero-order chi connectivity index (χ0) is 11.4. The Morgan fingerprint density at radius 2 is 2.19 bits per heavy atom. The number of ether oxygens (including phenoxy) is 2. The second-order valence-electron chi connectivity index (χ2n) is 4.97. The van der Waals surface area contributed by atoms with Gasteiger partial charge in [0.2, 0.25) is 0 Å². The van der Waals surface area contributed by atoms with Crippen LogP contribution in [-0.2, 0) is 9.47 Å². The number of nitrogens with two attached hydrogens (primary N) is 1. The summed E-state index contributed by atoms with van der Waals surface area (Å²) in [5, 5.41) is 0. The van der Waals surface area contributed by atoms with Gasteiger partial charge in [-0.15, -0.1) is 0 Å². The van der Waals surface area contributed by atoms with Crippen molar-refractivity contribution in [2.24, 2.45) is 5.73 Å². The van der Waals surface area contributed by atoms with E-state index in [4.69, 9.17) is 15.2 Å². The Bertz CT molecular complexity index is 207. The Labute approximate surface area is 98.1 Å². The molecule has 0 radical (unpaired) electrons. The number of hydrogen-bond donors (Lipinski definition) is 1. The van der Waals surface area contributed by atoms with E-state index in [9.17, 15) is 0 Å². The van der Waals surface area contributed by atoms with Crippen LogP contribution < -0.4 is 5.73 Å². The summed E-state index contributed by atoms with van der Waals surface area (Å²) in [6.07, 6.45) is 5.20. The molecule has 0 spiro atoms. The van der Waals surface area contributed by atoms with Crippen molar-refractivity contribution in [3.05, 3.63) is 0 Å². The molecule has 4 heteroatoms. The maximum absolute atomic E-state index is 5.85. The molecular formula is C12H24N2O2. The topological polar surface area (TPSA) is 47.7 Å². The number of piperidine rings is 1. The lowest BCUT2D eigenvalue weighted by Gasteiger charge is -2.42. The number of rotatable bonds is 3. The summed E-state index contributed by atoms with van der Waals surface area (Å²) >= 11 is 0. The van der Waals surface area contributed by atoms with E-state index < -0.39 is 0 Å². The van der Waals surface area contributed by atoms with Gasteiger partial charge in [-0.05, 0) is 26.2 Å². The Kier molecular flexibility index (Phi) is 4.58. The first kappa shape index (κ1) is 12.3. The van der Waals surface area contributed by atoms with Crippen LogP contribution in [0, 0.1) is 0 Å². The van der Waals surface area contributed by atoms with Crippen LogP contribution in [0.5, 0.6) is 0 Å². The van der Waals surface area contributed by atoms with Gasteiger partial charge in [-0.2, -0.15) is 0 Å². The first-order valence-electron chi connectivity index (χ1n) is 6.46. The fourth-order valence-electron chi connectivity index (χ4n) is 2.80. The van der Waals surface area contributed by atoms with Gasteiger partial charge < -0.3 is 15.2 Å². The van der Waals surface area contributed by atoms with E-state index in [0.29, 0.717) is 25.0 Å². The van der Waals surface area contributed by atoms with E-state index in [1.54, 1.807) is 0 Å². The lowest BCUT2D eigenvalue weighted by Crippen LogP contribution is -2.52. The minimum Gasteiger partial charge on any atom is -0.355 e. The molecular weight excluding hydrogens is 204 g/mol. The van der Waals surface area contributed by atoms with E-state index in [0.717, 1.165) is 26.1 Å². The zero-order valence-corrected chi connectivity index (χ0v) is 10.2. The molecule has 0 saturated carbocycles. The second-order valence-corrected chi connectivity index (χ2v) is 4.97. The van der Waals surface area contributed by atoms with Gasteiger partial charge in [-0.3, -0.25) is 4.90 Å². The Balaban J connectivity index is 1.88. The normalized spacial score (nSPS) is 37.5. The average Bonchev–Trinajstić information content (AvgIpc) is 2.33. The first-order valence-corrected chi connectivity index (χ1v) is 6.46. The lowest BCUT2D eigenvalue weighted by molar-refractivity contribution is -0.149. The molecule has 2 aliphatic rings. The smallest absolute Gasteiger partial charge is 0.147 e. The Morgan fingerprint density at radius 1 is 1.31 bits per heavy atom. The number of likely N-dealkylation sites (tertiary alicyclic amines) is 1. The van der Waals surface area contributed by atoms with Crippen molar-refractivity contribution < 1.29 is 9.47 Å². The molecule has 2 N–H and O–H groups in total. The fraction of sp³-hybridized carbons (Fsp3) is 1.00. The summed E-state index contributed by atoms with van der Waals surface area (Å²) in [4.78, 5) is 2.54. The molecule has 3 unspecified atom stereocenters. The molecule has 2 saturated heterocycles. The highest BCUT2D eigenvalue weighted by Crippen LogP contribution is 2.23. The summed E-state index contributed by atoms with van der Waals surface area (Å²) < 4.78 is 10.8. The third-order valence-corrected chi connectivity index (χ3v) is 3.85. The molecule has 0 aliphatic carbocycles. The standard InChI is InChI=1S/C12H24N2O2/c1-10-3-2-4-11(7-13)14(10)8-12-5-6-15-9-16-12/h10-12H,2-9,13H2,1H3. The van der Waals surface area contributed by atoms with E-state index in [2.05, 4.69) is 11.8 Å². The van der Waals surface area contributed by atoms with Gasteiger partial charge in [-0.1, -0.05) is 6.42 Å². The van der Waals surface area contributed by atoms with Crippen LogP contribution in [0.15, 0.2) is 0 Å². The summed E-state index contributed by atoms with van der Waals surface area (Å²) in [5.41, 5.74) is 5.85. The van der Waals surface area contributed by atoms with Crippen molar-refractivity contribution in [3.63, 3.8) is 0 Å². The molecule has 2 aliphatic heterocycles. The fourth-order valence-corrected chi connectivity index (χ4v) is 2.80. The quantitative estimate of drug-likeness (QED) is 0.781. The summed E-state index contributed by atoms with van der Waals surface area (Å²) in [7, 11) is 0. The summed E-state index contributed by atoms with van der Waals surface area (Å²) in [6.45, 7) is 5.39. The molecule has 4 nitrogen and oxygen atoms in total. The van der Waals surface area contributed by atoms with Crippen LogP contribution in [0.2, 0.25) is 0 Å². The molecule has 0 aromatic heterocycles. The lowest BCUT2D eigenvalue weighted by atomic mass is 9.95. The van der Waals surface area contributed by atoms with Crippen molar-refractivity contribution in [2.75, 3.05) is 26.5 Å². The van der Waals surface area contributed by atoms with Gasteiger partial charge in [-0.25, -0.2) is 0 Å². The summed E-state index contributed by atoms with van der Waals surface area (Å²) in [5.74, 6) is 0. The largest absolute Gasteiger partial charge is 0.355 e. The maximum Gasteiger partial charge on any atom is 0.147 e. The predicted molar refractivity (Wildman–Crippen MR) is 63.2 cm³/mol. The van der Waals surface area contributed by atoms with Gasteiger partial charge in [0.25, 0.3) is 0 Å². The molecule has 94 valence electrons. The SMILES string of the molecule is CC1CCCC(CN)N1CC1CCOCO1. The maximum atomic E-state index is 5.85. The molecule has 2 fully saturated rings. The van der Waals surface area contributed by atoms with Gasteiger partial charge in [0.1, 0.15) is 6.79 Å². The Hall–Kier alpha value is -0.160. The molecule has 0 aromatic carbocycles. The van der Waals surface area contributed by atoms with Crippen LogP contribution in [0.1, 0.15) is 32.6 Å². The Morgan fingerprint density at radius 3 is 2.88 bits per heavy atom. The monoisotopic (exact) mass is 228 g/mol. The molecule has 16 heavy (non-hydrogen) atoms. The predicted octanol–water partition coefficient (Wildman–Crippen LogP) is 0.951. The minimum absolute atomic E-state index is 0.336. The van der Waals surface area contributed by atoms with Crippen LogP contribution in [0.3, 0.4) is 0 Å². The van der Waals surface area contributed by atoms with E-state index in [-0.39, 0.29) is 0 Å². The van der Waals surface area contributed by atoms with Crippen molar-refractivity contribution >= 4 is 0 Å². The molecule has 0 aromatic rings. The summed E-state index contributed by atoms with van der Waals surface area (Å²) in [6, 6.07) is 1.20. The van der Waals surface area contributed by atoms with Crippen LogP contribution in [0.4, 0.5) is 0 Å². The first-order chi connectivity index (χ1) is 7.81. The van der Waals surface area contributed by atoms with E-state index in [1.807, 2.05) is 0 Å². The van der Waals surface area contributed by atoms with Crippen molar-refractivity contribution in [1.82, 2.24) is 4.90 Å². The van der Waals surface area contributed by atoms with Crippen molar-refractivity contribution in [3.8, 4) is 0 Å². The van der Waals surface area contributed by atoms with Crippen LogP contribution >= 0.6 is 0 Å². The number of hydrogen-bond acceptors (Lipinski definition) is 4. The van der Waals surface area contributed by atoms with Crippen molar-refractivity contribution in [2.45, 2.75) is 50.8 Å². The minimum atomic E-state index is 0.336. The molecule has 3 atom stereocenters. The average molecular weight is 228 g/mol. The second kappa shape index (κ2) is 5.96. The molecule has 2 rings (SSSR count).